The predicted molar refractivity (Wildman–Crippen MR) is 102 cm³/mol. The van der Waals surface area contributed by atoms with Gasteiger partial charge in [0.2, 0.25) is 10.0 Å². The number of sulfonamides is 1. The smallest absolute Gasteiger partial charge is 0.211 e. The van der Waals surface area contributed by atoms with Gasteiger partial charge in [-0.3, -0.25) is 9.38 Å². The second-order valence-electron chi connectivity index (χ2n) is 6.63. The molecule has 136 valence electrons. The van der Waals surface area contributed by atoms with Gasteiger partial charge in [0.15, 0.2) is 0 Å². The molecule has 0 aliphatic carbocycles. The first kappa shape index (κ1) is 17.5. The second kappa shape index (κ2) is 6.64. The van der Waals surface area contributed by atoms with Crippen LogP contribution in [-0.2, 0) is 10.0 Å². The molecule has 0 saturated carbocycles. The Kier molecular flexibility index (Phi) is 4.46. The van der Waals surface area contributed by atoms with Gasteiger partial charge in [0.05, 0.1) is 28.9 Å². The number of aromatic nitrogens is 3. The minimum Gasteiger partial charge on any atom is -0.297 e. The number of rotatable bonds is 3. The number of hydrogen-bond acceptors (Lipinski definition) is 4. The maximum Gasteiger partial charge on any atom is 0.211 e. The average molecular weight is 391 g/mol. The van der Waals surface area contributed by atoms with E-state index < -0.39 is 10.0 Å². The average Bonchev–Trinajstić information content (AvgIpc) is 3.04. The van der Waals surface area contributed by atoms with Gasteiger partial charge in [-0.05, 0) is 37.1 Å². The highest BCUT2D eigenvalue weighted by Crippen LogP contribution is 2.29. The van der Waals surface area contributed by atoms with Crippen LogP contribution in [0.2, 0.25) is 5.02 Å². The molecule has 4 rings (SSSR count). The highest BCUT2D eigenvalue weighted by molar-refractivity contribution is 7.88. The van der Waals surface area contributed by atoms with Crippen molar-refractivity contribution in [2.24, 2.45) is 0 Å². The van der Waals surface area contributed by atoms with E-state index in [2.05, 4.69) is 4.98 Å². The summed E-state index contributed by atoms with van der Waals surface area (Å²) in [7, 11) is -3.18. The molecule has 1 fully saturated rings. The van der Waals surface area contributed by atoms with E-state index in [9.17, 15) is 8.42 Å². The monoisotopic (exact) mass is 390 g/mol. The Morgan fingerprint density at radius 3 is 2.88 bits per heavy atom. The summed E-state index contributed by atoms with van der Waals surface area (Å²) in [5.41, 5.74) is 3.37. The van der Waals surface area contributed by atoms with Crippen LogP contribution in [-0.4, -0.2) is 46.4 Å². The summed E-state index contributed by atoms with van der Waals surface area (Å²) in [6.07, 6.45) is 6.64. The van der Waals surface area contributed by atoms with E-state index in [1.165, 1.54) is 6.26 Å². The fraction of sp³-hybridized carbons (Fsp3) is 0.333. The summed E-state index contributed by atoms with van der Waals surface area (Å²) >= 11 is 6.12. The van der Waals surface area contributed by atoms with Gasteiger partial charge in [0, 0.05) is 30.9 Å². The number of hydrogen-bond donors (Lipinski definition) is 0. The fourth-order valence-corrected chi connectivity index (χ4v) is 4.52. The summed E-state index contributed by atoms with van der Waals surface area (Å²) in [5.74, 6) is 0.0983. The molecule has 4 heterocycles. The quantitative estimate of drug-likeness (QED) is 0.688. The normalized spacial score (nSPS) is 19.1. The van der Waals surface area contributed by atoms with E-state index in [0.717, 1.165) is 35.6 Å². The van der Waals surface area contributed by atoms with E-state index in [-0.39, 0.29) is 5.92 Å². The third-order valence-corrected chi connectivity index (χ3v) is 6.27. The van der Waals surface area contributed by atoms with E-state index in [1.54, 1.807) is 16.6 Å². The van der Waals surface area contributed by atoms with Crippen molar-refractivity contribution < 1.29 is 8.42 Å². The number of nitrogens with zero attached hydrogens (tertiary/aromatic N) is 4. The molecule has 3 aromatic heterocycles. The van der Waals surface area contributed by atoms with Gasteiger partial charge in [-0.25, -0.2) is 17.7 Å². The van der Waals surface area contributed by atoms with Crippen LogP contribution in [0.25, 0.3) is 17.0 Å². The van der Waals surface area contributed by atoms with E-state index in [0.29, 0.717) is 18.1 Å². The van der Waals surface area contributed by atoms with E-state index in [1.807, 2.05) is 34.9 Å². The van der Waals surface area contributed by atoms with Crippen LogP contribution in [0, 0.1) is 0 Å². The fourth-order valence-electron chi connectivity index (χ4n) is 3.45. The highest BCUT2D eigenvalue weighted by atomic mass is 35.5. The number of piperidine rings is 1. The van der Waals surface area contributed by atoms with Crippen molar-refractivity contribution in [2.45, 2.75) is 18.8 Å². The van der Waals surface area contributed by atoms with Gasteiger partial charge in [-0.2, -0.15) is 0 Å². The molecule has 1 aliphatic heterocycles. The molecule has 1 atom stereocenters. The molecule has 0 unspecified atom stereocenters. The summed E-state index contributed by atoms with van der Waals surface area (Å²) in [6, 6.07) is 9.53. The lowest BCUT2D eigenvalue weighted by molar-refractivity contribution is 0.314. The zero-order chi connectivity index (χ0) is 18.3. The first-order chi connectivity index (χ1) is 12.4. The molecule has 26 heavy (non-hydrogen) atoms. The molecule has 3 aromatic rings. The van der Waals surface area contributed by atoms with Gasteiger partial charge >= 0.3 is 0 Å². The number of halogens is 1. The van der Waals surface area contributed by atoms with E-state index in [4.69, 9.17) is 16.6 Å². The molecule has 1 saturated heterocycles. The Labute approximate surface area is 157 Å². The van der Waals surface area contributed by atoms with Gasteiger partial charge < -0.3 is 0 Å². The molecule has 8 heteroatoms. The summed E-state index contributed by atoms with van der Waals surface area (Å²) in [4.78, 5) is 9.21. The zero-order valence-electron chi connectivity index (χ0n) is 14.3. The third-order valence-electron chi connectivity index (χ3n) is 4.77. The minimum absolute atomic E-state index is 0.0983. The van der Waals surface area contributed by atoms with Gasteiger partial charge in [0.25, 0.3) is 0 Å². The van der Waals surface area contributed by atoms with Crippen LogP contribution in [0.4, 0.5) is 0 Å². The lowest BCUT2D eigenvalue weighted by Crippen LogP contribution is -2.38. The Balaban J connectivity index is 1.69. The number of pyridine rings is 2. The Bertz CT molecular complexity index is 1060. The first-order valence-corrected chi connectivity index (χ1v) is 10.7. The maximum atomic E-state index is 11.9. The minimum atomic E-state index is -3.18. The summed E-state index contributed by atoms with van der Waals surface area (Å²) in [5, 5.41) is 0.629. The second-order valence-corrected chi connectivity index (χ2v) is 9.05. The molecule has 6 nitrogen and oxygen atoms in total. The van der Waals surface area contributed by atoms with Gasteiger partial charge in [-0.15, -0.1) is 0 Å². The first-order valence-electron chi connectivity index (χ1n) is 8.47. The maximum absolute atomic E-state index is 11.9. The van der Waals surface area contributed by atoms with Crippen LogP contribution < -0.4 is 0 Å². The van der Waals surface area contributed by atoms with Crippen molar-refractivity contribution in [2.75, 3.05) is 19.3 Å². The van der Waals surface area contributed by atoms with Crippen LogP contribution in [0.1, 0.15) is 24.5 Å². The Morgan fingerprint density at radius 1 is 1.23 bits per heavy atom. The number of fused-ring (bicyclic) bond motifs is 1. The zero-order valence-corrected chi connectivity index (χ0v) is 15.9. The van der Waals surface area contributed by atoms with Crippen LogP contribution in [0.15, 0.2) is 42.7 Å². The largest absolute Gasteiger partial charge is 0.297 e. The Hall–Kier alpha value is -1.96. The molecule has 1 aliphatic rings. The number of imidazole rings is 1. The molecule has 0 bridgehead atoms. The van der Waals surface area contributed by atoms with Gasteiger partial charge in [0.1, 0.15) is 5.65 Å². The topological polar surface area (TPSA) is 67.6 Å². The third kappa shape index (κ3) is 3.34. The van der Waals surface area contributed by atoms with Crippen molar-refractivity contribution in [3.8, 4) is 11.4 Å². The molecular formula is C18H19ClN4O2S. The van der Waals surface area contributed by atoms with Gasteiger partial charge in [-0.1, -0.05) is 17.7 Å². The van der Waals surface area contributed by atoms with Crippen molar-refractivity contribution in [1.82, 2.24) is 18.7 Å². The molecular weight excluding hydrogens is 372 g/mol. The highest BCUT2D eigenvalue weighted by Gasteiger charge is 2.27. The molecule has 0 N–H and O–H groups in total. The van der Waals surface area contributed by atoms with Crippen molar-refractivity contribution in [1.29, 1.82) is 0 Å². The van der Waals surface area contributed by atoms with Crippen molar-refractivity contribution in [3.63, 3.8) is 0 Å². The predicted octanol–water partition coefficient (Wildman–Crippen LogP) is 3.19. The summed E-state index contributed by atoms with van der Waals surface area (Å²) in [6.45, 7) is 1.06. The van der Waals surface area contributed by atoms with Crippen molar-refractivity contribution >= 4 is 27.3 Å². The van der Waals surface area contributed by atoms with Crippen LogP contribution >= 0.6 is 11.6 Å². The van der Waals surface area contributed by atoms with Crippen molar-refractivity contribution in [3.05, 3.63) is 53.4 Å². The lowest BCUT2D eigenvalue weighted by Gasteiger charge is -2.30. The standard InChI is InChI=1S/C18H19ClN4O2S/c1-26(24,25)22-9-3-4-13(11-22)15-5-2-6-16(21-15)17-10-20-18-8-7-14(19)12-23(17)18/h2,5-8,10,12-13H,3-4,9,11H2,1H3/t13-/m1/s1. The van der Waals surface area contributed by atoms with E-state index >= 15 is 0 Å². The van der Waals surface area contributed by atoms with Crippen LogP contribution in [0.3, 0.4) is 0 Å². The molecule has 0 aromatic carbocycles. The lowest BCUT2D eigenvalue weighted by atomic mass is 9.95. The molecule has 0 spiro atoms. The molecule has 0 radical (unpaired) electrons. The molecule has 0 amide bonds. The Morgan fingerprint density at radius 2 is 2.08 bits per heavy atom. The van der Waals surface area contributed by atoms with Crippen LogP contribution in [0.5, 0.6) is 0 Å². The SMILES string of the molecule is CS(=O)(=O)N1CCC[C@@H](c2cccc(-c3cnc4ccc(Cl)cn34)n2)C1. The summed E-state index contributed by atoms with van der Waals surface area (Å²) < 4.78 is 27.2.